The second-order valence-corrected chi connectivity index (χ2v) is 4.49. The monoisotopic (exact) mass is 342 g/mol. The summed E-state index contributed by atoms with van der Waals surface area (Å²) < 4.78 is 39.9. The molecule has 0 aliphatic rings. The molecule has 0 spiro atoms. The number of hydrogen-bond acceptors (Lipinski definition) is 3. The van der Waals surface area contributed by atoms with E-state index in [0.717, 1.165) is 6.07 Å². The van der Waals surface area contributed by atoms with Gasteiger partial charge in [-0.3, -0.25) is 4.52 Å². The van der Waals surface area contributed by atoms with Gasteiger partial charge in [-0.2, -0.15) is 8.78 Å². The van der Waals surface area contributed by atoms with Crippen LogP contribution in [-0.4, -0.2) is 0 Å². The molecule has 0 radical (unpaired) electrons. The van der Waals surface area contributed by atoms with Gasteiger partial charge in [-0.15, -0.1) is 0 Å². The van der Waals surface area contributed by atoms with Gasteiger partial charge in [0.2, 0.25) is 0 Å². The minimum atomic E-state index is -3.97. The van der Waals surface area contributed by atoms with E-state index in [9.17, 15) is 18.2 Å². The van der Waals surface area contributed by atoms with E-state index < -0.39 is 19.9 Å². The van der Waals surface area contributed by atoms with Crippen LogP contribution in [0.25, 0.3) is 0 Å². The van der Waals surface area contributed by atoms with Gasteiger partial charge in [-0.25, -0.2) is 0 Å². The Morgan fingerprint density at radius 1 is 1.50 bits per heavy atom. The Kier molecular flexibility index (Phi) is 7.23. The van der Waals surface area contributed by atoms with Crippen molar-refractivity contribution < 1.29 is 52.3 Å². The molecule has 0 aliphatic carbocycles. The number of rotatable bonds is 3. The summed E-state index contributed by atoms with van der Waals surface area (Å²) in [4.78, 5) is 10.1. The first-order valence-corrected chi connectivity index (χ1v) is 5.96. The van der Waals surface area contributed by atoms with Crippen LogP contribution in [0.1, 0.15) is 5.56 Å². The number of benzene rings is 1. The van der Waals surface area contributed by atoms with E-state index in [1.165, 1.54) is 12.1 Å². The minimum absolute atomic E-state index is 0. The van der Waals surface area contributed by atoms with Gasteiger partial charge in [-0.05, 0) is 18.2 Å². The molecule has 0 aliphatic heterocycles. The average Bonchev–Trinajstić information content (AvgIpc) is 1.99. The standard InChI is InChI=1S/C7H5BrClF2O3P.Na/c8-6-3-4(9)1-2-5(6)7(10,11)14-15(12)13;/h1-3,15H,(H,12,13);/q;+1/p-1. The molecule has 0 N–H and O–H groups in total. The molecule has 1 rings (SSSR count). The van der Waals surface area contributed by atoms with E-state index in [4.69, 9.17) is 11.6 Å². The SMILES string of the molecule is O=[PH]([O-])OC(F)(F)c1ccc(Cl)cc1Br.[Na+]. The zero-order chi connectivity index (χ0) is 11.6. The molecule has 0 amide bonds. The summed E-state index contributed by atoms with van der Waals surface area (Å²) in [5.74, 6) is 0. The third kappa shape index (κ3) is 4.70. The van der Waals surface area contributed by atoms with Crippen LogP contribution in [-0.2, 0) is 15.2 Å². The molecule has 84 valence electrons. The molecule has 0 aromatic heterocycles. The Labute approximate surface area is 126 Å². The van der Waals surface area contributed by atoms with Crippen molar-refractivity contribution >= 4 is 35.8 Å². The summed E-state index contributed by atoms with van der Waals surface area (Å²) in [5.41, 5.74) is -0.596. The largest absolute Gasteiger partial charge is 1.00 e. The molecule has 1 aromatic rings. The molecule has 16 heavy (non-hydrogen) atoms. The topological polar surface area (TPSA) is 49.4 Å². The first-order chi connectivity index (χ1) is 6.83. The molecule has 0 heterocycles. The summed E-state index contributed by atoms with van der Waals surface area (Å²) in [7, 11) is -3.97. The second-order valence-electron chi connectivity index (χ2n) is 2.49. The predicted molar refractivity (Wildman–Crippen MR) is 53.1 cm³/mol. The van der Waals surface area contributed by atoms with E-state index >= 15 is 0 Å². The fraction of sp³-hybridized carbons (Fsp3) is 0.143. The molecule has 0 bridgehead atoms. The van der Waals surface area contributed by atoms with Crippen molar-refractivity contribution in [3.8, 4) is 0 Å². The van der Waals surface area contributed by atoms with Crippen molar-refractivity contribution in [3.05, 3.63) is 33.3 Å². The Hall–Kier alpha value is 1.00. The zero-order valence-electron chi connectivity index (χ0n) is 7.97. The minimum Gasteiger partial charge on any atom is -0.781 e. The maximum absolute atomic E-state index is 13.1. The third-order valence-electron chi connectivity index (χ3n) is 1.46. The average molecular weight is 343 g/mol. The van der Waals surface area contributed by atoms with E-state index in [2.05, 4.69) is 20.5 Å². The quantitative estimate of drug-likeness (QED) is 0.570. The Balaban J connectivity index is 0.00000225. The van der Waals surface area contributed by atoms with Crippen molar-refractivity contribution in [1.82, 2.24) is 0 Å². The van der Waals surface area contributed by atoms with Crippen LogP contribution >= 0.6 is 35.8 Å². The Morgan fingerprint density at radius 3 is 2.50 bits per heavy atom. The van der Waals surface area contributed by atoms with Gasteiger partial charge in [-0.1, -0.05) is 27.5 Å². The summed E-state index contributed by atoms with van der Waals surface area (Å²) in [6.07, 6.45) is -3.89. The fourth-order valence-electron chi connectivity index (χ4n) is 0.885. The van der Waals surface area contributed by atoms with Crippen LogP contribution in [0.5, 0.6) is 0 Å². The zero-order valence-corrected chi connectivity index (χ0v) is 13.3. The fourth-order valence-corrected chi connectivity index (χ4v) is 2.12. The van der Waals surface area contributed by atoms with Crippen LogP contribution in [0.2, 0.25) is 5.02 Å². The van der Waals surface area contributed by atoms with Gasteiger partial charge in [0, 0.05) is 9.50 Å². The van der Waals surface area contributed by atoms with E-state index in [1.54, 1.807) is 0 Å². The molecule has 1 aromatic carbocycles. The smallest absolute Gasteiger partial charge is 0.781 e. The van der Waals surface area contributed by atoms with Crippen LogP contribution in [0.15, 0.2) is 22.7 Å². The van der Waals surface area contributed by atoms with Gasteiger partial charge in [0.1, 0.15) is 8.25 Å². The third-order valence-corrected chi connectivity index (χ3v) is 2.77. The summed E-state index contributed by atoms with van der Waals surface area (Å²) in [6.45, 7) is 0. The number of hydrogen-bond donors (Lipinski definition) is 0. The van der Waals surface area contributed by atoms with Gasteiger partial charge in [0.25, 0.3) is 0 Å². The Bertz CT molecular complexity index is 407. The van der Waals surface area contributed by atoms with Crippen LogP contribution in [0.4, 0.5) is 8.78 Å². The second kappa shape index (κ2) is 6.81. The molecular formula is C7H4BrClF2NaO3P. The first-order valence-electron chi connectivity index (χ1n) is 3.56. The predicted octanol–water partition coefficient (Wildman–Crippen LogP) is -0.0776. The molecule has 1 atom stereocenters. The number of halogens is 4. The molecule has 3 nitrogen and oxygen atoms in total. The van der Waals surface area contributed by atoms with Gasteiger partial charge >= 0.3 is 35.7 Å². The molecule has 0 fully saturated rings. The maximum Gasteiger partial charge on any atom is 1.00 e. The van der Waals surface area contributed by atoms with Crippen molar-refractivity contribution in [2.75, 3.05) is 0 Å². The number of alkyl halides is 2. The molecule has 1 unspecified atom stereocenters. The van der Waals surface area contributed by atoms with Gasteiger partial charge in [0.15, 0.2) is 0 Å². The van der Waals surface area contributed by atoms with Crippen molar-refractivity contribution in [2.24, 2.45) is 0 Å². The molecule has 0 saturated heterocycles. The normalized spacial score (nSPS) is 13.1. The van der Waals surface area contributed by atoms with Crippen LogP contribution < -0.4 is 34.5 Å². The van der Waals surface area contributed by atoms with Crippen molar-refractivity contribution in [2.45, 2.75) is 6.11 Å². The van der Waals surface area contributed by atoms with Gasteiger partial charge in [0.05, 0.1) is 5.56 Å². The van der Waals surface area contributed by atoms with Crippen molar-refractivity contribution in [1.29, 1.82) is 0 Å². The van der Waals surface area contributed by atoms with Crippen molar-refractivity contribution in [3.63, 3.8) is 0 Å². The first kappa shape index (κ1) is 17.0. The Morgan fingerprint density at radius 2 is 2.06 bits per heavy atom. The molecule has 0 saturated carbocycles. The van der Waals surface area contributed by atoms with Gasteiger partial charge < -0.3 is 9.46 Å². The van der Waals surface area contributed by atoms with E-state index in [0.29, 0.717) is 0 Å². The molecular weight excluding hydrogens is 339 g/mol. The molecule has 9 heteroatoms. The van der Waals surface area contributed by atoms with E-state index in [1.807, 2.05) is 0 Å². The van der Waals surface area contributed by atoms with Crippen LogP contribution in [0.3, 0.4) is 0 Å². The van der Waals surface area contributed by atoms with E-state index in [-0.39, 0.29) is 39.1 Å². The van der Waals surface area contributed by atoms with Crippen LogP contribution in [0, 0.1) is 0 Å². The maximum atomic E-state index is 13.1. The summed E-state index contributed by atoms with van der Waals surface area (Å²) in [5, 5.41) is 0.246. The summed E-state index contributed by atoms with van der Waals surface area (Å²) >= 11 is 8.38. The summed E-state index contributed by atoms with van der Waals surface area (Å²) in [6, 6.07) is 3.41.